The normalized spacial score (nSPS) is 11.0. The Morgan fingerprint density at radius 3 is 0.800 bits per heavy atom. The van der Waals surface area contributed by atoms with E-state index in [0.29, 0.717) is 11.5 Å². The van der Waals surface area contributed by atoms with Crippen LogP contribution in [0.5, 0.6) is 11.5 Å². The molecule has 0 aliphatic heterocycles. The van der Waals surface area contributed by atoms with Crippen molar-refractivity contribution in [1.29, 1.82) is 0 Å². The molecule has 0 fully saturated rings. The van der Waals surface area contributed by atoms with Crippen LogP contribution in [0, 0.1) is 0 Å². The third-order valence-electron chi connectivity index (χ3n) is 2.75. The van der Waals surface area contributed by atoms with E-state index >= 15 is 0 Å². The van der Waals surface area contributed by atoms with Crippen LogP contribution in [0.15, 0.2) is 44.7 Å². The van der Waals surface area contributed by atoms with E-state index in [-0.39, 0.29) is 6.79 Å². The fourth-order valence-corrected chi connectivity index (χ4v) is 8.05. The van der Waals surface area contributed by atoms with Crippen LogP contribution in [-0.2, 0) is 0 Å². The van der Waals surface area contributed by atoms with Gasteiger partial charge in [-0.2, -0.15) is 0 Å². The summed E-state index contributed by atoms with van der Waals surface area (Å²) in [7, 11) is 0. The van der Waals surface area contributed by atoms with Crippen molar-refractivity contribution in [1.82, 2.24) is 0 Å². The lowest BCUT2D eigenvalue weighted by atomic mass is 10.3. The number of hydrogen-bond acceptors (Lipinski definition) is 2. The standard InChI is InChI=1S/C13H2Br10O2/c14-2-4(16)8(20)12(9(21)5(2)17)24-1-25-13-10(22)6(18)3(15)7(19)11(13)23/h1H2. The molecular formula is C13H2Br10O2. The first-order chi connectivity index (χ1) is 11.6. The van der Waals surface area contributed by atoms with E-state index in [1.165, 1.54) is 0 Å². The van der Waals surface area contributed by atoms with Crippen LogP contribution >= 0.6 is 159 Å². The van der Waals surface area contributed by atoms with Crippen LogP contribution in [0.2, 0.25) is 0 Å². The van der Waals surface area contributed by atoms with E-state index in [0.717, 1.165) is 44.7 Å². The minimum Gasteiger partial charge on any atom is -0.455 e. The summed E-state index contributed by atoms with van der Waals surface area (Å²) >= 11 is 35.1. The highest BCUT2D eigenvalue weighted by molar-refractivity contribution is 9.16. The Morgan fingerprint density at radius 2 is 0.560 bits per heavy atom. The van der Waals surface area contributed by atoms with Crippen molar-refractivity contribution in [2.75, 3.05) is 6.79 Å². The van der Waals surface area contributed by atoms with Gasteiger partial charge in [0.25, 0.3) is 0 Å². The molecule has 0 amide bonds. The quantitative estimate of drug-likeness (QED) is 0.173. The van der Waals surface area contributed by atoms with Gasteiger partial charge in [0.05, 0.1) is 35.8 Å². The lowest BCUT2D eigenvalue weighted by Gasteiger charge is -2.17. The summed E-state index contributed by atoms with van der Waals surface area (Å²) in [6.07, 6.45) is 0. The summed E-state index contributed by atoms with van der Waals surface area (Å²) in [6, 6.07) is 0. The summed E-state index contributed by atoms with van der Waals surface area (Å²) in [5, 5.41) is 0. The Balaban J connectivity index is 2.29. The molecule has 0 aliphatic carbocycles. The average molecular weight is 989 g/mol. The van der Waals surface area contributed by atoms with Crippen molar-refractivity contribution >= 4 is 159 Å². The summed E-state index contributed by atoms with van der Waals surface area (Å²) in [5.41, 5.74) is 0. The Kier molecular flexibility index (Phi) is 9.87. The highest BCUT2D eigenvalue weighted by Gasteiger charge is 2.21. The van der Waals surface area contributed by atoms with Crippen molar-refractivity contribution in [2.24, 2.45) is 0 Å². The molecule has 2 aromatic carbocycles. The molecule has 0 heterocycles. The van der Waals surface area contributed by atoms with Gasteiger partial charge in [0.1, 0.15) is 0 Å². The van der Waals surface area contributed by atoms with Crippen LogP contribution in [0.4, 0.5) is 0 Å². The number of halogens is 10. The summed E-state index contributed by atoms with van der Waals surface area (Å²) in [5.74, 6) is 1.20. The molecule has 0 saturated carbocycles. The molecule has 0 spiro atoms. The summed E-state index contributed by atoms with van der Waals surface area (Å²) < 4.78 is 19.7. The highest BCUT2D eigenvalue weighted by atomic mass is 79.9. The number of ether oxygens (including phenoxy) is 2. The average Bonchev–Trinajstić information content (AvgIpc) is 2.60. The predicted octanol–water partition coefficient (Wildman–Crippen LogP) is 10.7. The molecule has 0 N–H and O–H groups in total. The van der Waals surface area contributed by atoms with Gasteiger partial charge in [-0.3, -0.25) is 0 Å². The summed E-state index contributed by atoms with van der Waals surface area (Å²) in [6.45, 7) is -0.00454. The van der Waals surface area contributed by atoms with Crippen molar-refractivity contribution in [3.63, 3.8) is 0 Å². The smallest absolute Gasteiger partial charge is 0.231 e. The lowest BCUT2D eigenvalue weighted by Crippen LogP contribution is -2.08. The van der Waals surface area contributed by atoms with Crippen LogP contribution in [0.25, 0.3) is 0 Å². The molecule has 136 valence electrons. The molecule has 0 atom stereocenters. The lowest BCUT2D eigenvalue weighted by molar-refractivity contribution is 0.116. The minimum absolute atomic E-state index is 0.00454. The zero-order valence-electron chi connectivity index (χ0n) is 11.3. The van der Waals surface area contributed by atoms with Crippen molar-refractivity contribution in [3.8, 4) is 11.5 Å². The van der Waals surface area contributed by atoms with Gasteiger partial charge in [-0.15, -0.1) is 0 Å². The van der Waals surface area contributed by atoms with Crippen LogP contribution in [0.3, 0.4) is 0 Å². The third kappa shape index (κ3) is 5.13. The maximum absolute atomic E-state index is 5.83. The van der Waals surface area contributed by atoms with Gasteiger partial charge < -0.3 is 9.47 Å². The third-order valence-corrected chi connectivity index (χ3v) is 14.8. The molecule has 2 aromatic rings. The van der Waals surface area contributed by atoms with Crippen LogP contribution < -0.4 is 9.47 Å². The second kappa shape index (κ2) is 10.2. The topological polar surface area (TPSA) is 18.5 Å². The minimum atomic E-state index is -0.00454. The fraction of sp³-hybridized carbons (Fsp3) is 0.0769. The van der Waals surface area contributed by atoms with Gasteiger partial charge in [0, 0.05) is 8.95 Å². The molecule has 2 rings (SSSR count). The molecule has 0 aromatic heterocycles. The highest BCUT2D eigenvalue weighted by Crippen LogP contribution is 2.50. The van der Waals surface area contributed by atoms with E-state index in [1.54, 1.807) is 0 Å². The molecule has 0 bridgehead atoms. The van der Waals surface area contributed by atoms with Gasteiger partial charge in [0.2, 0.25) is 6.79 Å². The molecule has 2 nitrogen and oxygen atoms in total. The largest absolute Gasteiger partial charge is 0.455 e. The molecule has 12 heteroatoms. The van der Waals surface area contributed by atoms with Crippen LogP contribution in [0.1, 0.15) is 0 Å². The SMILES string of the molecule is Brc1c(Br)c(Br)c(OCOc2c(Br)c(Br)c(Br)c(Br)c2Br)c(Br)c1Br. The molecule has 0 aliphatic rings. The second-order valence-corrected chi connectivity index (χ2v) is 12.1. The van der Waals surface area contributed by atoms with E-state index in [4.69, 9.17) is 9.47 Å². The monoisotopic (exact) mass is 979 g/mol. The van der Waals surface area contributed by atoms with Crippen molar-refractivity contribution < 1.29 is 9.47 Å². The molecule has 25 heavy (non-hydrogen) atoms. The van der Waals surface area contributed by atoms with Crippen molar-refractivity contribution in [3.05, 3.63) is 44.7 Å². The zero-order valence-corrected chi connectivity index (χ0v) is 27.2. The number of benzene rings is 2. The molecule has 0 saturated heterocycles. The van der Waals surface area contributed by atoms with E-state index < -0.39 is 0 Å². The van der Waals surface area contributed by atoms with Gasteiger partial charge in [0.15, 0.2) is 11.5 Å². The molecule has 0 unspecified atom stereocenters. The maximum Gasteiger partial charge on any atom is 0.231 e. The summed E-state index contributed by atoms with van der Waals surface area (Å²) in [4.78, 5) is 0. The molecule has 0 radical (unpaired) electrons. The Hall–Kier alpha value is 2.84. The van der Waals surface area contributed by atoms with E-state index in [1.807, 2.05) is 0 Å². The Morgan fingerprint density at radius 1 is 0.360 bits per heavy atom. The van der Waals surface area contributed by atoms with Gasteiger partial charge in [-0.25, -0.2) is 0 Å². The first-order valence-corrected chi connectivity index (χ1v) is 13.8. The Labute approximate surface area is 228 Å². The zero-order chi connectivity index (χ0) is 19.0. The number of rotatable bonds is 4. The number of hydrogen-bond donors (Lipinski definition) is 0. The Bertz CT molecular complexity index is 724. The van der Waals surface area contributed by atoms with Gasteiger partial charge in [-0.05, 0) is 159 Å². The van der Waals surface area contributed by atoms with E-state index in [9.17, 15) is 0 Å². The van der Waals surface area contributed by atoms with Crippen molar-refractivity contribution in [2.45, 2.75) is 0 Å². The van der Waals surface area contributed by atoms with Crippen LogP contribution in [-0.4, -0.2) is 6.79 Å². The molecular weight excluding hydrogens is 987 g/mol. The predicted molar refractivity (Wildman–Crippen MR) is 136 cm³/mol. The second-order valence-electron chi connectivity index (χ2n) is 4.20. The first-order valence-electron chi connectivity index (χ1n) is 5.88. The fourth-order valence-electron chi connectivity index (χ4n) is 1.57. The first kappa shape index (κ1) is 24.1. The van der Waals surface area contributed by atoms with Gasteiger partial charge >= 0.3 is 0 Å². The maximum atomic E-state index is 5.83. The van der Waals surface area contributed by atoms with Gasteiger partial charge in [-0.1, -0.05) is 0 Å². The van der Waals surface area contributed by atoms with E-state index in [2.05, 4.69) is 159 Å².